The van der Waals surface area contributed by atoms with Crippen LogP contribution in [0.1, 0.15) is 15.9 Å². The fourth-order valence-corrected chi connectivity index (χ4v) is 5.10. The standard InChI is InChI=1S/C20H23N5O3S/c1-22-19(23-9-5-6-10-23)18(15-21-22)20(26)24-11-13-25(14-12-24)29(27,28)16-17-7-3-2-4-8-17/h2-10,15H,11-14,16H2,1H3. The van der Waals surface area contributed by atoms with Gasteiger partial charge in [0.25, 0.3) is 5.91 Å². The van der Waals surface area contributed by atoms with Crippen LogP contribution >= 0.6 is 0 Å². The van der Waals surface area contributed by atoms with Crippen LogP contribution in [0, 0.1) is 0 Å². The fourth-order valence-electron chi connectivity index (χ4n) is 3.58. The molecule has 1 saturated heterocycles. The Hall–Kier alpha value is -2.91. The number of rotatable bonds is 5. The number of amides is 1. The first-order valence-electron chi connectivity index (χ1n) is 9.42. The van der Waals surface area contributed by atoms with Crippen LogP contribution in [0.4, 0.5) is 0 Å². The number of carbonyl (C=O) groups excluding carboxylic acids is 1. The molecule has 1 amide bonds. The summed E-state index contributed by atoms with van der Waals surface area (Å²) in [5.74, 6) is 0.531. The molecule has 0 atom stereocenters. The highest BCUT2D eigenvalue weighted by Crippen LogP contribution is 2.19. The third kappa shape index (κ3) is 3.96. The first-order chi connectivity index (χ1) is 14.0. The molecule has 0 radical (unpaired) electrons. The normalized spacial score (nSPS) is 15.6. The molecule has 0 aliphatic carbocycles. The molecule has 0 spiro atoms. The van der Waals surface area contributed by atoms with Crippen molar-refractivity contribution in [2.75, 3.05) is 26.2 Å². The molecule has 1 aromatic carbocycles. The van der Waals surface area contributed by atoms with Gasteiger partial charge in [0.15, 0.2) is 0 Å². The number of carbonyl (C=O) groups is 1. The van der Waals surface area contributed by atoms with E-state index in [2.05, 4.69) is 5.10 Å². The molecule has 9 heteroatoms. The minimum Gasteiger partial charge on any atom is -0.336 e. The van der Waals surface area contributed by atoms with E-state index in [-0.39, 0.29) is 11.7 Å². The molecule has 1 aliphatic heterocycles. The third-order valence-electron chi connectivity index (χ3n) is 5.10. The predicted molar refractivity (Wildman–Crippen MR) is 109 cm³/mol. The van der Waals surface area contributed by atoms with E-state index in [1.807, 2.05) is 59.4 Å². The molecular weight excluding hydrogens is 390 g/mol. The lowest BCUT2D eigenvalue weighted by Gasteiger charge is -2.34. The Balaban J connectivity index is 1.45. The minimum atomic E-state index is -3.41. The Morgan fingerprint density at radius 1 is 1.00 bits per heavy atom. The van der Waals surface area contributed by atoms with Crippen molar-refractivity contribution in [1.82, 2.24) is 23.6 Å². The van der Waals surface area contributed by atoms with Gasteiger partial charge in [-0.2, -0.15) is 9.40 Å². The van der Waals surface area contributed by atoms with Gasteiger partial charge < -0.3 is 9.47 Å². The van der Waals surface area contributed by atoms with Gasteiger partial charge in [-0.1, -0.05) is 30.3 Å². The molecule has 0 saturated carbocycles. The van der Waals surface area contributed by atoms with E-state index in [9.17, 15) is 13.2 Å². The molecule has 3 aromatic rings. The topological polar surface area (TPSA) is 80.4 Å². The molecule has 1 fully saturated rings. The summed E-state index contributed by atoms with van der Waals surface area (Å²) in [5, 5.41) is 4.23. The van der Waals surface area contributed by atoms with Gasteiger partial charge in [0.2, 0.25) is 10.0 Å². The highest BCUT2D eigenvalue weighted by molar-refractivity contribution is 7.88. The maximum atomic E-state index is 13.1. The van der Waals surface area contributed by atoms with Crippen LogP contribution in [-0.4, -0.2) is 64.1 Å². The Kier molecular flexibility index (Phi) is 5.25. The first-order valence-corrected chi connectivity index (χ1v) is 11.0. The van der Waals surface area contributed by atoms with Crippen molar-refractivity contribution in [3.63, 3.8) is 0 Å². The van der Waals surface area contributed by atoms with Gasteiger partial charge in [-0.15, -0.1) is 0 Å². The molecule has 8 nitrogen and oxygen atoms in total. The van der Waals surface area contributed by atoms with E-state index in [1.165, 1.54) is 4.31 Å². The Labute approximate surface area is 170 Å². The molecule has 0 N–H and O–H groups in total. The number of hydrogen-bond donors (Lipinski definition) is 0. The van der Waals surface area contributed by atoms with Crippen molar-refractivity contribution in [3.8, 4) is 5.82 Å². The summed E-state index contributed by atoms with van der Waals surface area (Å²) < 4.78 is 30.4. The average Bonchev–Trinajstić information content (AvgIpc) is 3.37. The number of sulfonamides is 1. The third-order valence-corrected chi connectivity index (χ3v) is 6.95. The van der Waals surface area contributed by atoms with E-state index in [0.29, 0.717) is 37.6 Å². The highest BCUT2D eigenvalue weighted by atomic mass is 32.2. The molecule has 3 heterocycles. The van der Waals surface area contributed by atoms with Gasteiger partial charge in [-0.3, -0.25) is 9.48 Å². The Morgan fingerprint density at radius 2 is 1.66 bits per heavy atom. The van der Waals surface area contributed by atoms with Gasteiger partial charge in [0.05, 0.1) is 11.9 Å². The molecule has 4 rings (SSSR count). The largest absolute Gasteiger partial charge is 0.336 e. The van der Waals surface area contributed by atoms with Crippen LogP contribution in [0.15, 0.2) is 61.1 Å². The predicted octanol–water partition coefficient (Wildman–Crippen LogP) is 1.50. The summed E-state index contributed by atoms with van der Waals surface area (Å²) >= 11 is 0. The van der Waals surface area contributed by atoms with E-state index in [0.717, 1.165) is 5.56 Å². The summed E-state index contributed by atoms with van der Waals surface area (Å²) in [6.07, 6.45) is 5.29. The number of nitrogens with zero attached hydrogens (tertiary/aromatic N) is 5. The summed E-state index contributed by atoms with van der Waals surface area (Å²) in [7, 11) is -1.62. The SMILES string of the molecule is Cn1ncc(C(=O)N2CCN(S(=O)(=O)Cc3ccccc3)CC2)c1-n1cccc1. The van der Waals surface area contributed by atoms with Crippen LogP contribution in [0.2, 0.25) is 0 Å². The summed E-state index contributed by atoms with van der Waals surface area (Å²) in [6, 6.07) is 12.9. The molecule has 152 valence electrons. The van der Waals surface area contributed by atoms with Crippen LogP contribution in [0.5, 0.6) is 0 Å². The van der Waals surface area contributed by atoms with Crippen molar-refractivity contribution in [3.05, 3.63) is 72.2 Å². The van der Waals surface area contributed by atoms with E-state index in [1.54, 1.807) is 22.8 Å². The van der Waals surface area contributed by atoms with E-state index >= 15 is 0 Å². The van der Waals surface area contributed by atoms with E-state index < -0.39 is 10.0 Å². The van der Waals surface area contributed by atoms with E-state index in [4.69, 9.17) is 0 Å². The minimum absolute atomic E-state index is 0.0256. The maximum Gasteiger partial charge on any atom is 0.259 e. The van der Waals surface area contributed by atoms with Crippen molar-refractivity contribution in [2.24, 2.45) is 7.05 Å². The first kappa shape index (κ1) is 19.4. The molecule has 0 unspecified atom stereocenters. The van der Waals surface area contributed by atoms with Gasteiger partial charge in [0, 0.05) is 45.6 Å². The number of benzene rings is 1. The Bertz CT molecular complexity index is 1080. The molecule has 2 aromatic heterocycles. The highest BCUT2D eigenvalue weighted by Gasteiger charge is 2.31. The van der Waals surface area contributed by atoms with Crippen LogP contribution in [0.25, 0.3) is 5.82 Å². The van der Waals surface area contributed by atoms with Crippen molar-refractivity contribution < 1.29 is 13.2 Å². The number of aryl methyl sites for hydroxylation is 1. The van der Waals surface area contributed by atoms with Crippen molar-refractivity contribution in [2.45, 2.75) is 5.75 Å². The molecule has 1 aliphatic rings. The van der Waals surface area contributed by atoms with Crippen molar-refractivity contribution >= 4 is 15.9 Å². The zero-order chi connectivity index (χ0) is 20.4. The molecule has 0 bridgehead atoms. The molecule has 29 heavy (non-hydrogen) atoms. The smallest absolute Gasteiger partial charge is 0.259 e. The number of aromatic nitrogens is 3. The second-order valence-electron chi connectivity index (χ2n) is 7.03. The van der Waals surface area contributed by atoms with Gasteiger partial charge in [-0.05, 0) is 17.7 Å². The monoisotopic (exact) mass is 413 g/mol. The second-order valence-corrected chi connectivity index (χ2v) is 9.00. The summed E-state index contributed by atoms with van der Waals surface area (Å²) in [6.45, 7) is 1.29. The number of piperazine rings is 1. The second kappa shape index (κ2) is 7.84. The van der Waals surface area contributed by atoms with Crippen LogP contribution < -0.4 is 0 Å². The maximum absolute atomic E-state index is 13.1. The molecular formula is C20H23N5O3S. The Morgan fingerprint density at radius 3 is 2.31 bits per heavy atom. The van der Waals surface area contributed by atoms with Gasteiger partial charge >= 0.3 is 0 Å². The lowest BCUT2D eigenvalue weighted by Crippen LogP contribution is -2.50. The van der Waals surface area contributed by atoms with Crippen LogP contribution in [0.3, 0.4) is 0 Å². The van der Waals surface area contributed by atoms with Gasteiger partial charge in [0.1, 0.15) is 11.4 Å². The lowest BCUT2D eigenvalue weighted by molar-refractivity contribution is 0.0697. The summed E-state index contributed by atoms with van der Waals surface area (Å²) in [4.78, 5) is 14.8. The zero-order valence-electron chi connectivity index (χ0n) is 16.2. The quantitative estimate of drug-likeness (QED) is 0.635. The zero-order valence-corrected chi connectivity index (χ0v) is 17.0. The van der Waals surface area contributed by atoms with Crippen LogP contribution in [-0.2, 0) is 22.8 Å². The number of hydrogen-bond acceptors (Lipinski definition) is 4. The lowest BCUT2D eigenvalue weighted by atomic mass is 10.2. The van der Waals surface area contributed by atoms with Gasteiger partial charge in [-0.25, -0.2) is 8.42 Å². The average molecular weight is 414 g/mol. The fraction of sp³-hybridized carbons (Fsp3) is 0.300. The van der Waals surface area contributed by atoms with Crippen molar-refractivity contribution in [1.29, 1.82) is 0 Å². The summed E-state index contributed by atoms with van der Waals surface area (Å²) in [5.41, 5.74) is 1.27.